The standard InChI is InChI=1S/C23H30FN3O4S/c1-4-20(23(29)25-2)26(17-18-11-6-5-7-12-18)22(28)15-10-16-27(32(3,30)31)21-14-9-8-13-19(21)24/h5-9,11-14,20H,4,10,15-17H2,1-3H3,(H,25,29)/t20-/m1/s1. The minimum absolute atomic E-state index is 0.0147. The van der Waals surface area contributed by atoms with E-state index < -0.39 is 21.9 Å². The van der Waals surface area contributed by atoms with Crippen molar-refractivity contribution in [2.24, 2.45) is 0 Å². The second-order valence-electron chi connectivity index (χ2n) is 7.44. The zero-order chi connectivity index (χ0) is 23.7. The topological polar surface area (TPSA) is 86.8 Å². The minimum atomic E-state index is -3.74. The molecule has 174 valence electrons. The van der Waals surface area contributed by atoms with Crippen LogP contribution in [0.1, 0.15) is 31.7 Å². The van der Waals surface area contributed by atoms with Gasteiger partial charge >= 0.3 is 0 Å². The zero-order valence-electron chi connectivity index (χ0n) is 18.6. The van der Waals surface area contributed by atoms with E-state index in [0.717, 1.165) is 16.1 Å². The molecule has 0 unspecified atom stereocenters. The van der Waals surface area contributed by atoms with Gasteiger partial charge in [0.05, 0.1) is 11.9 Å². The highest BCUT2D eigenvalue weighted by molar-refractivity contribution is 7.92. The van der Waals surface area contributed by atoms with E-state index in [1.807, 2.05) is 37.3 Å². The average molecular weight is 464 g/mol. The molecule has 2 amide bonds. The molecule has 1 N–H and O–H groups in total. The number of hydrogen-bond donors (Lipinski definition) is 1. The van der Waals surface area contributed by atoms with Crippen LogP contribution in [0.15, 0.2) is 54.6 Å². The van der Waals surface area contributed by atoms with E-state index in [4.69, 9.17) is 0 Å². The summed E-state index contributed by atoms with van der Waals surface area (Å²) in [6.45, 7) is 2.03. The second-order valence-corrected chi connectivity index (χ2v) is 9.34. The van der Waals surface area contributed by atoms with Gasteiger partial charge in [-0.3, -0.25) is 13.9 Å². The van der Waals surface area contributed by atoms with Gasteiger partial charge in [0.1, 0.15) is 11.9 Å². The van der Waals surface area contributed by atoms with E-state index in [-0.39, 0.29) is 43.4 Å². The summed E-state index contributed by atoms with van der Waals surface area (Å²) >= 11 is 0. The Balaban J connectivity index is 2.17. The fourth-order valence-electron chi connectivity index (χ4n) is 3.50. The lowest BCUT2D eigenvalue weighted by molar-refractivity contribution is -0.141. The van der Waals surface area contributed by atoms with Crippen molar-refractivity contribution in [2.75, 3.05) is 24.2 Å². The molecule has 2 rings (SSSR count). The van der Waals surface area contributed by atoms with Gasteiger partial charge in [-0.1, -0.05) is 49.4 Å². The summed E-state index contributed by atoms with van der Waals surface area (Å²) in [5.41, 5.74) is 0.827. The van der Waals surface area contributed by atoms with Crippen molar-refractivity contribution in [3.05, 3.63) is 66.0 Å². The first kappa shape index (κ1) is 25.3. The van der Waals surface area contributed by atoms with Crippen LogP contribution in [0.3, 0.4) is 0 Å². The van der Waals surface area contributed by atoms with E-state index in [1.54, 1.807) is 6.07 Å². The number of nitrogens with zero attached hydrogens (tertiary/aromatic N) is 2. The van der Waals surface area contributed by atoms with Crippen LogP contribution in [0.25, 0.3) is 0 Å². The van der Waals surface area contributed by atoms with Crippen LogP contribution in [0.4, 0.5) is 10.1 Å². The Bertz CT molecular complexity index is 1010. The number of carbonyl (C=O) groups excluding carboxylic acids is 2. The number of rotatable bonds is 11. The summed E-state index contributed by atoms with van der Waals surface area (Å²) in [5.74, 6) is -1.19. The molecule has 0 saturated carbocycles. The van der Waals surface area contributed by atoms with Crippen molar-refractivity contribution in [3.63, 3.8) is 0 Å². The summed E-state index contributed by atoms with van der Waals surface area (Å²) in [6.07, 6.45) is 1.63. The summed E-state index contributed by atoms with van der Waals surface area (Å²) in [6, 6.07) is 14.3. The second kappa shape index (κ2) is 11.6. The summed E-state index contributed by atoms with van der Waals surface area (Å²) in [7, 11) is -2.22. The fourth-order valence-corrected chi connectivity index (χ4v) is 4.47. The lowest BCUT2D eigenvalue weighted by atomic mass is 10.1. The molecule has 0 aliphatic rings. The van der Waals surface area contributed by atoms with Crippen LogP contribution in [0, 0.1) is 5.82 Å². The van der Waals surface area contributed by atoms with Crippen molar-refractivity contribution >= 4 is 27.5 Å². The Kier molecular flexibility index (Phi) is 9.19. The number of likely N-dealkylation sites (N-methyl/N-ethyl adjacent to an activating group) is 1. The predicted octanol–water partition coefficient (Wildman–Crippen LogP) is 2.93. The van der Waals surface area contributed by atoms with Crippen LogP contribution < -0.4 is 9.62 Å². The van der Waals surface area contributed by atoms with E-state index in [0.29, 0.717) is 6.42 Å². The maximum atomic E-state index is 14.2. The monoisotopic (exact) mass is 463 g/mol. The number of halogens is 1. The van der Waals surface area contributed by atoms with Crippen molar-refractivity contribution < 1.29 is 22.4 Å². The molecule has 32 heavy (non-hydrogen) atoms. The number of carbonyl (C=O) groups is 2. The van der Waals surface area contributed by atoms with E-state index in [1.165, 1.54) is 30.1 Å². The maximum Gasteiger partial charge on any atom is 0.242 e. The van der Waals surface area contributed by atoms with Crippen molar-refractivity contribution in [1.29, 1.82) is 0 Å². The lowest BCUT2D eigenvalue weighted by Gasteiger charge is -2.30. The lowest BCUT2D eigenvalue weighted by Crippen LogP contribution is -2.48. The number of nitrogens with one attached hydrogen (secondary N) is 1. The predicted molar refractivity (Wildman–Crippen MR) is 123 cm³/mol. The third-order valence-electron chi connectivity index (χ3n) is 5.10. The summed E-state index contributed by atoms with van der Waals surface area (Å²) in [4.78, 5) is 27.0. The van der Waals surface area contributed by atoms with Crippen LogP contribution in [0.2, 0.25) is 0 Å². The molecule has 0 aliphatic carbocycles. The molecule has 7 nitrogen and oxygen atoms in total. The van der Waals surface area contributed by atoms with Gasteiger partial charge in [-0.2, -0.15) is 0 Å². The molecule has 0 spiro atoms. The van der Waals surface area contributed by atoms with Gasteiger partial charge in [0.25, 0.3) is 0 Å². The number of hydrogen-bond acceptors (Lipinski definition) is 4. The van der Waals surface area contributed by atoms with Crippen LogP contribution in [-0.2, 0) is 26.2 Å². The Hall–Kier alpha value is -2.94. The highest BCUT2D eigenvalue weighted by Crippen LogP contribution is 2.22. The van der Waals surface area contributed by atoms with Gasteiger partial charge in [-0.05, 0) is 30.5 Å². The van der Waals surface area contributed by atoms with E-state index >= 15 is 0 Å². The molecule has 9 heteroatoms. The van der Waals surface area contributed by atoms with Crippen LogP contribution >= 0.6 is 0 Å². The number of para-hydroxylation sites is 1. The number of anilines is 1. The summed E-state index contributed by atoms with van der Waals surface area (Å²) in [5, 5.41) is 2.60. The third-order valence-corrected chi connectivity index (χ3v) is 6.28. The number of amides is 2. The third kappa shape index (κ3) is 6.78. The minimum Gasteiger partial charge on any atom is -0.357 e. The molecular formula is C23H30FN3O4S. The molecule has 0 radical (unpaired) electrons. The molecule has 2 aromatic carbocycles. The largest absolute Gasteiger partial charge is 0.357 e. The van der Waals surface area contributed by atoms with Gasteiger partial charge in [0.2, 0.25) is 21.8 Å². The highest BCUT2D eigenvalue weighted by Gasteiger charge is 2.28. The molecule has 0 bridgehead atoms. The van der Waals surface area contributed by atoms with Gasteiger partial charge in [-0.25, -0.2) is 12.8 Å². The Morgan fingerprint density at radius 2 is 1.69 bits per heavy atom. The summed E-state index contributed by atoms with van der Waals surface area (Å²) < 4.78 is 39.6. The molecular weight excluding hydrogens is 433 g/mol. The van der Waals surface area contributed by atoms with Crippen molar-refractivity contribution in [1.82, 2.24) is 10.2 Å². The normalized spacial score (nSPS) is 12.1. The van der Waals surface area contributed by atoms with Gasteiger partial charge < -0.3 is 10.2 Å². The van der Waals surface area contributed by atoms with Crippen molar-refractivity contribution in [2.45, 2.75) is 38.8 Å². The molecule has 0 aliphatic heterocycles. The van der Waals surface area contributed by atoms with Gasteiger partial charge in [-0.15, -0.1) is 0 Å². The molecule has 1 atom stereocenters. The molecule has 0 saturated heterocycles. The smallest absolute Gasteiger partial charge is 0.242 e. The van der Waals surface area contributed by atoms with E-state index in [9.17, 15) is 22.4 Å². The first-order chi connectivity index (χ1) is 15.2. The van der Waals surface area contributed by atoms with Crippen molar-refractivity contribution in [3.8, 4) is 0 Å². The molecule has 0 fully saturated rings. The fraction of sp³-hybridized carbons (Fsp3) is 0.391. The van der Waals surface area contributed by atoms with Gasteiger partial charge in [0, 0.05) is 26.6 Å². The Labute approximate surface area is 189 Å². The Morgan fingerprint density at radius 3 is 2.25 bits per heavy atom. The first-order valence-corrected chi connectivity index (χ1v) is 12.3. The van der Waals surface area contributed by atoms with E-state index in [2.05, 4.69) is 5.32 Å². The highest BCUT2D eigenvalue weighted by atomic mass is 32.2. The molecule has 2 aromatic rings. The van der Waals surface area contributed by atoms with Gasteiger partial charge in [0.15, 0.2) is 0 Å². The average Bonchev–Trinajstić information content (AvgIpc) is 2.76. The molecule has 0 aromatic heterocycles. The number of benzene rings is 2. The van der Waals surface area contributed by atoms with Crippen LogP contribution in [0.5, 0.6) is 0 Å². The maximum absolute atomic E-state index is 14.2. The SMILES string of the molecule is CC[C@H](C(=O)NC)N(Cc1ccccc1)C(=O)CCCN(c1ccccc1F)S(C)(=O)=O. The quantitative estimate of drug-likeness (QED) is 0.555. The number of sulfonamides is 1. The molecule has 0 heterocycles. The Morgan fingerprint density at radius 1 is 1.06 bits per heavy atom. The zero-order valence-corrected chi connectivity index (χ0v) is 19.4. The first-order valence-electron chi connectivity index (χ1n) is 10.5. The van der Waals surface area contributed by atoms with Crippen LogP contribution in [-0.4, -0.2) is 51.0 Å².